The van der Waals surface area contributed by atoms with Crippen LogP contribution in [0.15, 0.2) is 36.4 Å². The number of ether oxygens (including phenoxy) is 1. The summed E-state index contributed by atoms with van der Waals surface area (Å²) in [4.78, 5) is 15.7. The monoisotopic (exact) mass is 568 g/mol. The van der Waals surface area contributed by atoms with Gasteiger partial charge in [-0.2, -0.15) is 26.3 Å². The van der Waals surface area contributed by atoms with Gasteiger partial charge in [0.15, 0.2) is 0 Å². The lowest BCUT2D eigenvalue weighted by Gasteiger charge is -2.33. The first kappa shape index (κ1) is 28.8. The molecule has 0 aromatic heterocycles. The summed E-state index contributed by atoms with van der Waals surface area (Å²) in [6, 6.07) is 7.66. The normalized spacial score (nSPS) is 23.0. The third-order valence-corrected chi connectivity index (χ3v) is 8.31. The summed E-state index contributed by atoms with van der Waals surface area (Å²) in [6.07, 6.45) is -4.68. The van der Waals surface area contributed by atoms with Crippen molar-refractivity contribution in [3.8, 4) is 5.75 Å². The molecule has 1 unspecified atom stereocenters. The molecule has 2 fully saturated rings. The van der Waals surface area contributed by atoms with Crippen LogP contribution in [0.25, 0.3) is 0 Å². The highest BCUT2D eigenvalue weighted by molar-refractivity contribution is 5.83. The number of alkyl halides is 6. The second kappa shape index (κ2) is 10.3. The van der Waals surface area contributed by atoms with Gasteiger partial charge in [-0.05, 0) is 92.9 Å². The molecule has 0 bridgehead atoms. The Hall–Kier alpha value is -2.75. The number of nitrogens with zero attached hydrogens (tertiary/aromatic N) is 1. The van der Waals surface area contributed by atoms with Crippen molar-refractivity contribution in [2.75, 3.05) is 13.1 Å². The second-order valence-corrected chi connectivity index (χ2v) is 12.3. The molecule has 1 N–H and O–H groups in total. The molecule has 1 amide bonds. The van der Waals surface area contributed by atoms with Crippen LogP contribution >= 0.6 is 0 Å². The largest absolute Gasteiger partial charge is 0.488 e. The summed E-state index contributed by atoms with van der Waals surface area (Å²) in [6.45, 7) is 5.50. The Kier molecular flexibility index (Phi) is 7.38. The number of carbonyl (C=O) groups is 1. The summed E-state index contributed by atoms with van der Waals surface area (Å²) in [7, 11) is 0. The maximum Gasteiger partial charge on any atom is 0.416 e. The minimum Gasteiger partial charge on any atom is -0.488 e. The smallest absolute Gasteiger partial charge is 0.416 e. The second-order valence-electron chi connectivity index (χ2n) is 12.3. The first-order valence-corrected chi connectivity index (χ1v) is 13.7. The Bertz CT molecular complexity index is 1240. The van der Waals surface area contributed by atoms with Crippen LogP contribution in [-0.2, 0) is 36.7 Å². The van der Waals surface area contributed by atoms with Gasteiger partial charge in [-0.3, -0.25) is 9.69 Å². The molecule has 2 aromatic carbocycles. The highest BCUT2D eigenvalue weighted by atomic mass is 19.4. The number of carbonyl (C=O) groups excluding carboxylic acids is 1. The Morgan fingerprint density at radius 2 is 1.65 bits per heavy atom. The molecule has 218 valence electrons. The molecule has 10 heteroatoms. The van der Waals surface area contributed by atoms with Gasteiger partial charge in [-0.15, -0.1) is 0 Å². The first-order valence-electron chi connectivity index (χ1n) is 13.7. The van der Waals surface area contributed by atoms with Gasteiger partial charge in [0.2, 0.25) is 5.91 Å². The van der Waals surface area contributed by atoms with E-state index in [-0.39, 0.29) is 23.1 Å². The molecule has 1 atom stereocenters. The molecule has 3 aliphatic rings. The molecule has 2 heterocycles. The van der Waals surface area contributed by atoms with Crippen LogP contribution in [0.2, 0.25) is 0 Å². The fourth-order valence-electron chi connectivity index (χ4n) is 5.95. The first-order chi connectivity index (χ1) is 18.6. The number of hydrogen-bond donors (Lipinski definition) is 1. The Morgan fingerprint density at radius 1 is 0.975 bits per heavy atom. The van der Waals surface area contributed by atoms with Crippen molar-refractivity contribution in [1.29, 1.82) is 0 Å². The van der Waals surface area contributed by atoms with Crippen molar-refractivity contribution in [2.45, 2.75) is 83.4 Å². The Labute approximate surface area is 230 Å². The number of nitrogens with one attached hydrogen (secondary N) is 1. The van der Waals surface area contributed by atoms with Crippen LogP contribution in [0, 0.1) is 11.3 Å². The number of fused-ring (bicyclic) bond motifs is 1. The molecule has 1 saturated heterocycles. The third kappa shape index (κ3) is 6.58. The molecule has 2 aromatic rings. The van der Waals surface area contributed by atoms with E-state index >= 15 is 0 Å². The highest BCUT2D eigenvalue weighted by Crippen LogP contribution is 2.46. The highest BCUT2D eigenvalue weighted by Gasteiger charge is 2.47. The van der Waals surface area contributed by atoms with Crippen LogP contribution in [0.3, 0.4) is 0 Å². The molecule has 40 heavy (non-hydrogen) atoms. The number of amides is 1. The minimum atomic E-state index is -4.93. The fourth-order valence-corrected chi connectivity index (χ4v) is 5.95. The van der Waals surface area contributed by atoms with Gasteiger partial charge in [0, 0.05) is 19.6 Å². The zero-order valence-corrected chi connectivity index (χ0v) is 22.6. The van der Waals surface area contributed by atoms with E-state index < -0.39 is 35.4 Å². The quantitative estimate of drug-likeness (QED) is 0.361. The number of aryl methyl sites for hydroxylation is 1. The van der Waals surface area contributed by atoms with Gasteiger partial charge in [-0.25, -0.2) is 0 Å². The average molecular weight is 569 g/mol. The standard InChI is InChI=1S/C30H34F6N2O2/c1-27(2)8-7-22-6-5-20(13-25(22)40-27)17-38-10-9-28(18-38,15-19-3-4-19)26(39)37-16-21-11-23(29(31,32)33)14-24(12-21)30(34,35)36/h5-6,11-14,19H,3-4,7-10,15-18H2,1-2H3,(H,37,39). The van der Waals surface area contributed by atoms with Crippen molar-refractivity contribution in [3.63, 3.8) is 0 Å². The molecule has 1 saturated carbocycles. The average Bonchev–Trinajstić information content (AvgIpc) is 3.58. The van der Waals surface area contributed by atoms with Crippen LogP contribution in [-0.4, -0.2) is 29.5 Å². The van der Waals surface area contributed by atoms with Crippen molar-refractivity contribution in [2.24, 2.45) is 11.3 Å². The number of likely N-dealkylation sites (tertiary alicyclic amines) is 1. The SMILES string of the molecule is CC1(C)CCc2ccc(CN3CCC(CC4CC4)(C(=O)NCc4cc(C(F)(F)F)cc(C(F)(F)F)c4)C3)cc2O1. The molecule has 5 rings (SSSR count). The van der Waals surface area contributed by atoms with E-state index in [0.29, 0.717) is 50.5 Å². The third-order valence-electron chi connectivity index (χ3n) is 8.31. The number of benzene rings is 2. The predicted molar refractivity (Wildman–Crippen MR) is 137 cm³/mol. The Balaban J connectivity index is 1.29. The number of rotatable bonds is 7. The lowest BCUT2D eigenvalue weighted by atomic mass is 9.80. The van der Waals surface area contributed by atoms with E-state index in [1.807, 2.05) is 0 Å². The van der Waals surface area contributed by atoms with Crippen LogP contribution < -0.4 is 10.1 Å². The summed E-state index contributed by atoms with van der Waals surface area (Å²) in [5, 5.41) is 2.69. The van der Waals surface area contributed by atoms with Gasteiger partial charge < -0.3 is 10.1 Å². The van der Waals surface area contributed by atoms with E-state index in [1.165, 1.54) is 5.56 Å². The van der Waals surface area contributed by atoms with Crippen molar-refractivity contribution in [1.82, 2.24) is 10.2 Å². The molecular formula is C30H34F6N2O2. The zero-order chi connectivity index (χ0) is 28.9. The fraction of sp³-hybridized carbons (Fsp3) is 0.567. The molecule has 4 nitrogen and oxygen atoms in total. The van der Waals surface area contributed by atoms with Crippen molar-refractivity contribution in [3.05, 3.63) is 64.2 Å². The topological polar surface area (TPSA) is 41.6 Å². The maximum atomic E-state index is 13.5. The van der Waals surface area contributed by atoms with Crippen LogP contribution in [0.1, 0.15) is 73.8 Å². The molecule has 2 aliphatic heterocycles. The van der Waals surface area contributed by atoms with E-state index in [0.717, 1.165) is 37.0 Å². The van der Waals surface area contributed by atoms with E-state index in [9.17, 15) is 31.1 Å². The van der Waals surface area contributed by atoms with E-state index in [1.54, 1.807) is 0 Å². The molecular weight excluding hydrogens is 534 g/mol. The van der Waals surface area contributed by atoms with Crippen LogP contribution in [0.5, 0.6) is 5.75 Å². The molecule has 1 aliphatic carbocycles. The lowest BCUT2D eigenvalue weighted by Crippen LogP contribution is -2.43. The van der Waals surface area contributed by atoms with Crippen molar-refractivity contribution < 1.29 is 35.9 Å². The summed E-state index contributed by atoms with van der Waals surface area (Å²) in [5.74, 6) is 0.980. The van der Waals surface area contributed by atoms with Crippen molar-refractivity contribution >= 4 is 5.91 Å². The van der Waals surface area contributed by atoms with Gasteiger partial charge in [0.1, 0.15) is 11.4 Å². The summed E-state index contributed by atoms with van der Waals surface area (Å²) < 4.78 is 85.8. The molecule has 0 radical (unpaired) electrons. The van der Waals surface area contributed by atoms with Gasteiger partial charge in [0.25, 0.3) is 0 Å². The minimum absolute atomic E-state index is 0.0987. The number of hydrogen-bond acceptors (Lipinski definition) is 3. The lowest BCUT2D eigenvalue weighted by molar-refractivity contribution is -0.143. The molecule has 0 spiro atoms. The van der Waals surface area contributed by atoms with Gasteiger partial charge in [0.05, 0.1) is 16.5 Å². The number of halogens is 6. The zero-order valence-electron chi connectivity index (χ0n) is 22.6. The maximum absolute atomic E-state index is 13.5. The van der Waals surface area contributed by atoms with Gasteiger partial charge in [-0.1, -0.05) is 25.0 Å². The van der Waals surface area contributed by atoms with Gasteiger partial charge >= 0.3 is 12.4 Å². The van der Waals surface area contributed by atoms with E-state index in [4.69, 9.17) is 4.74 Å². The summed E-state index contributed by atoms with van der Waals surface area (Å²) in [5.41, 5.74) is -1.71. The van der Waals surface area contributed by atoms with E-state index in [2.05, 4.69) is 42.3 Å². The van der Waals surface area contributed by atoms with Crippen LogP contribution in [0.4, 0.5) is 26.3 Å². The summed E-state index contributed by atoms with van der Waals surface area (Å²) >= 11 is 0. The predicted octanol–water partition coefficient (Wildman–Crippen LogP) is 7.14. The Morgan fingerprint density at radius 3 is 2.27 bits per heavy atom.